The van der Waals surface area contributed by atoms with E-state index in [1.807, 2.05) is 60.7 Å². The van der Waals surface area contributed by atoms with E-state index in [2.05, 4.69) is 13.8 Å². The Balaban J connectivity index is 1.78. The highest BCUT2D eigenvalue weighted by molar-refractivity contribution is 6.34. The third-order valence-electron chi connectivity index (χ3n) is 5.06. The molecule has 0 radical (unpaired) electrons. The van der Waals surface area contributed by atoms with Gasteiger partial charge in [-0.1, -0.05) is 74.5 Å². The molecule has 27 heavy (non-hydrogen) atoms. The zero-order valence-corrected chi connectivity index (χ0v) is 16.2. The number of rotatable bonds is 4. The second-order valence-electron chi connectivity index (χ2n) is 7.79. The standard InChI is InChI=1S/C23H28N2O2/c1-18-13-19(2)15-24(14-18)22(26)23(27)25(16-20-9-5-3-6-10-20)17-21-11-7-4-8-12-21/h3-12,18-19H,13-17H2,1-2H3. The van der Waals surface area contributed by atoms with Gasteiger partial charge in [0.05, 0.1) is 0 Å². The first-order valence-electron chi connectivity index (χ1n) is 9.69. The summed E-state index contributed by atoms with van der Waals surface area (Å²) in [7, 11) is 0. The first-order valence-corrected chi connectivity index (χ1v) is 9.69. The second kappa shape index (κ2) is 8.85. The van der Waals surface area contributed by atoms with E-state index in [4.69, 9.17) is 0 Å². The summed E-state index contributed by atoms with van der Waals surface area (Å²) in [6.45, 7) is 6.48. The summed E-state index contributed by atoms with van der Waals surface area (Å²) >= 11 is 0. The molecule has 0 N–H and O–H groups in total. The molecule has 2 aromatic carbocycles. The van der Waals surface area contributed by atoms with Crippen LogP contribution in [0, 0.1) is 11.8 Å². The number of carbonyl (C=O) groups excluding carboxylic acids is 2. The number of amides is 2. The van der Waals surface area contributed by atoms with Crippen LogP contribution in [-0.2, 0) is 22.7 Å². The van der Waals surface area contributed by atoms with Crippen molar-refractivity contribution in [2.24, 2.45) is 11.8 Å². The molecule has 0 saturated carbocycles. The van der Waals surface area contributed by atoms with Crippen molar-refractivity contribution in [3.05, 3.63) is 71.8 Å². The van der Waals surface area contributed by atoms with Crippen LogP contribution in [0.5, 0.6) is 0 Å². The van der Waals surface area contributed by atoms with Crippen molar-refractivity contribution in [2.75, 3.05) is 13.1 Å². The average Bonchev–Trinajstić information content (AvgIpc) is 2.67. The molecule has 2 atom stereocenters. The fourth-order valence-corrected chi connectivity index (χ4v) is 3.91. The lowest BCUT2D eigenvalue weighted by molar-refractivity contribution is -0.154. The molecule has 2 aromatic rings. The average molecular weight is 364 g/mol. The maximum absolute atomic E-state index is 13.1. The van der Waals surface area contributed by atoms with Crippen LogP contribution < -0.4 is 0 Å². The van der Waals surface area contributed by atoms with Crippen molar-refractivity contribution >= 4 is 11.8 Å². The SMILES string of the molecule is CC1CC(C)CN(C(=O)C(=O)N(Cc2ccccc2)Cc2ccccc2)C1. The van der Waals surface area contributed by atoms with Gasteiger partial charge in [0.15, 0.2) is 0 Å². The van der Waals surface area contributed by atoms with E-state index in [0.717, 1.165) is 17.5 Å². The molecular weight excluding hydrogens is 336 g/mol. The van der Waals surface area contributed by atoms with Crippen molar-refractivity contribution in [1.82, 2.24) is 9.80 Å². The Bertz CT molecular complexity index is 709. The number of likely N-dealkylation sites (tertiary alicyclic amines) is 1. The topological polar surface area (TPSA) is 40.6 Å². The van der Waals surface area contributed by atoms with Crippen molar-refractivity contribution in [2.45, 2.75) is 33.4 Å². The third kappa shape index (κ3) is 5.19. The van der Waals surface area contributed by atoms with Crippen LogP contribution in [-0.4, -0.2) is 34.7 Å². The molecule has 1 aliphatic heterocycles. The van der Waals surface area contributed by atoms with Gasteiger partial charge in [-0.05, 0) is 29.4 Å². The van der Waals surface area contributed by atoms with Crippen molar-refractivity contribution < 1.29 is 9.59 Å². The van der Waals surface area contributed by atoms with E-state index in [1.54, 1.807) is 9.80 Å². The lowest BCUT2D eigenvalue weighted by Gasteiger charge is -2.35. The fraction of sp³-hybridized carbons (Fsp3) is 0.391. The van der Waals surface area contributed by atoms with Crippen LogP contribution >= 0.6 is 0 Å². The monoisotopic (exact) mass is 364 g/mol. The quantitative estimate of drug-likeness (QED) is 0.776. The summed E-state index contributed by atoms with van der Waals surface area (Å²) in [6, 6.07) is 19.7. The predicted octanol–water partition coefficient (Wildman–Crippen LogP) is 3.72. The molecule has 4 heteroatoms. The molecule has 0 aliphatic carbocycles. The third-order valence-corrected chi connectivity index (χ3v) is 5.06. The predicted molar refractivity (Wildman–Crippen MR) is 107 cm³/mol. The maximum Gasteiger partial charge on any atom is 0.312 e. The largest absolute Gasteiger partial charge is 0.334 e. The van der Waals surface area contributed by atoms with E-state index in [0.29, 0.717) is 38.0 Å². The van der Waals surface area contributed by atoms with Crippen molar-refractivity contribution in [3.63, 3.8) is 0 Å². The molecule has 4 nitrogen and oxygen atoms in total. The Morgan fingerprint density at radius 3 is 1.74 bits per heavy atom. The second-order valence-corrected chi connectivity index (χ2v) is 7.79. The van der Waals surface area contributed by atoms with E-state index >= 15 is 0 Å². The number of carbonyl (C=O) groups is 2. The Morgan fingerprint density at radius 1 is 0.852 bits per heavy atom. The van der Waals surface area contributed by atoms with Crippen molar-refractivity contribution in [1.29, 1.82) is 0 Å². The molecule has 0 spiro atoms. The molecular formula is C23H28N2O2. The lowest BCUT2D eigenvalue weighted by Crippen LogP contribution is -2.49. The zero-order valence-electron chi connectivity index (χ0n) is 16.2. The Kier molecular flexibility index (Phi) is 6.28. The minimum absolute atomic E-state index is 0.375. The van der Waals surface area contributed by atoms with Gasteiger partial charge in [-0.15, -0.1) is 0 Å². The van der Waals surface area contributed by atoms with Crippen LogP contribution in [0.4, 0.5) is 0 Å². The number of hydrogen-bond acceptors (Lipinski definition) is 2. The number of nitrogens with zero attached hydrogens (tertiary/aromatic N) is 2. The van der Waals surface area contributed by atoms with E-state index < -0.39 is 5.91 Å². The Hall–Kier alpha value is -2.62. The molecule has 2 amide bonds. The molecule has 1 aliphatic rings. The number of benzene rings is 2. The van der Waals surface area contributed by atoms with Gasteiger partial charge in [-0.25, -0.2) is 0 Å². The van der Waals surface area contributed by atoms with Gasteiger partial charge in [0.25, 0.3) is 0 Å². The van der Waals surface area contributed by atoms with E-state index in [-0.39, 0.29) is 5.91 Å². The molecule has 0 bridgehead atoms. The molecule has 1 saturated heterocycles. The first-order chi connectivity index (χ1) is 13.0. The van der Waals surface area contributed by atoms with Gasteiger partial charge in [0.1, 0.15) is 0 Å². The van der Waals surface area contributed by atoms with Gasteiger partial charge < -0.3 is 9.80 Å². The molecule has 1 fully saturated rings. The van der Waals surface area contributed by atoms with Crippen LogP contribution in [0.15, 0.2) is 60.7 Å². The highest BCUT2D eigenvalue weighted by atomic mass is 16.2. The zero-order chi connectivity index (χ0) is 19.2. The van der Waals surface area contributed by atoms with Gasteiger partial charge in [-0.3, -0.25) is 9.59 Å². The summed E-state index contributed by atoms with van der Waals surface area (Å²) in [5.41, 5.74) is 2.05. The van der Waals surface area contributed by atoms with E-state index in [9.17, 15) is 9.59 Å². The number of hydrogen-bond donors (Lipinski definition) is 0. The summed E-state index contributed by atoms with van der Waals surface area (Å²) in [4.78, 5) is 29.4. The van der Waals surface area contributed by atoms with Gasteiger partial charge >= 0.3 is 11.8 Å². The minimum Gasteiger partial charge on any atom is -0.334 e. The molecule has 142 valence electrons. The summed E-state index contributed by atoms with van der Waals surface area (Å²) in [5, 5.41) is 0. The van der Waals surface area contributed by atoms with E-state index in [1.165, 1.54) is 0 Å². The van der Waals surface area contributed by atoms with Crippen LogP contribution in [0.25, 0.3) is 0 Å². The Labute approximate surface area is 161 Å². The Morgan fingerprint density at radius 2 is 1.30 bits per heavy atom. The highest BCUT2D eigenvalue weighted by Crippen LogP contribution is 2.22. The van der Waals surface area contributed by atoms with Crippen molar-refractivity contribution in [3.8, 4) is 0 Å². The number of piperidine rings is 1. The maximum atomic E-state index is 13.1. The molecule has 2 unspecified atom stereocenters. The van der Waals surface area contributed by atoms with Crippen LogP contribution in [0.2, 0.25) is 0 Å². The smallest absolute Gasteiger partial charge is 0.312 e. The van der Waals surface area contributed by atoms with Crippen LogP contribution in [0.3, 0.4) is 0 Å². The minimum atomic E-state index is -0.413. The normalized spacial score (nSPS) is 19.6. The summed E-state index contributed by atoms with van der Waals surface area (Å²) < 4.78 is 0. The highest BCUT2D eigenvalue weighted by Gasteiger charge is 2.32. The molecule has 3 rings (SSSR count). The van der Waals surface area contributed by atoms with Crippen LogP contribution in [0.1, 0.15) is 31.4 Å². The summed E-state index contributed by atoms with van der Waals surface area (Å²) in [5.74, 6) is 0.0775. The van der Waals surface area contributed by atoms with Gasteiger partial charge in [0, 0.05) is 26.2 Å². The van der Waals surface area contributed by atoms with Gasteiger partial charge in [-0.2, -0.15) is 0 Å². The first kappa shape index (κ1) is 19.2. The lowest BCUT2D eigenvalue weighted by atomic mass is 9.92. The fourth-order valence-electron chi connectivity index (χ4n) is 3.91. The molecule has 0 aromatic heterocycles. The summed E-state index contributed by atoms with van der Waals surface area (Å²) in [6.07, 6.45) is 1.11. The molecule has 1 heterocycles. The van der Waals surface area contributed by atoms with Gasteiger partial charge in [0.2, 0.25) is 0 Å².